The maximum absolute atomic E-state index is 12.9. The third kappa shape index (κ3) is 3.40. The average Bonchev–Trinajstić information content (AvgIpc) is 2.73. The molecule has 1 aromatic carbocycles. The van der Waals surface area contributed by atoms with Crippen LogP contribution >= 0.6 is 11.6 Å². The van der Waals surface area contributed by atoms with Crippen molar-refractivity contribution in [1.29, 1.82) is 0 Å². The van der Waals surface area contributed by atoms with Gasteiger partial charge < -0.3 is 14.4 Å². The van der Waals surface area contributed by atoms with E-state index in [1.54, 1.807) is 11.1 Å². The first-order chi connectivity index (χ1) is 13.9. The number of pyridine rings is 1. The lowest BCUT2D eigenvalue weighted by Crippen LogP contribution is -2.51. The molecule has 1 amide bonds. The highest BCUT2D eigenvalue weighted by Crippen LogP contribution is 2.28. The molecular weight excluding hydrogens is 394 g/mol. The SMILES string of the molecule is Cn1cc(C(=O)N2CCN(c3ccnc4cc(Cl)ccc34)CC2)c(=O)n(C)c1=O. The summed E-state index contributed by atoms with van der Waals surface area (Å²) in [7, 11) is 2.90. The molecule has 0 spiro atoms. The van der Waals surface area contributed by atoms with E-state index in [2.05, 4.69) is 9.88 Å². The van der Waals surface area contributed by atoms with Crippen LogP contribution in [0.2, 0.25) is 5.02 Å². The molecule has 1 saturated heterocycles. The molecule has 8 nitrogen and oxygen atoms in total. The van der Waals surface area contributed by atoms with Crippen LogP contribution in [0.4, 0.5) is 5.69 Å². The number of aryl methyl sites for hydroxylation is 1. The molecule has 0 radical (unpaired) electrons. The van der Waals surface area contributed by atoms with Gasteiger partial charge in [0.1, 0.15) is 5.56 Å². The van der Waals surface area contributed by atoms with Crippen LogP contribution in [0.3, 0.4) is 0 Å². The predicted molar refractivity (Wildman–Crippen MR) is 112 cm³/mol. The number of hydrogen-bond acceptors (Lipinski definition) is 5. The Morgan fingerprint density at radius 1 is 1.07 bits per heavy atom. The fourth-order valence-electron chi connectivity index (χ4n) is 3.66. The van der Waals surface area contributed by atoms with Gasteiger partial charge in [0.05, 0.1) is 5.52 Å². The lowest BCUT2D eigenvalue weighted by atomic mass is 10.1. The van der Waals surface area contributed by atoms with Crippen molar-refractivity contribution < 1.29 is 4.79 Å². The second-order valence-corrected chi connectivity index (χ2v) is 7.51. The maximum Gasteiger partial charge on any atom is 0.330 e. The molecule has 3 heterocycles. The van der Waals surface area contributed by atoms with Gasteiger partial charge in [-0.15, -0.1) is 0 Å². The minimum atomic E-state index is -0.572. The van der Waals surface area contributed by atoms with E-state index in [1.807, 2.05) is 24.3 Å². The number of piperazine rings is 1. The number of carbonyl (C=O) groups is 1. The number of aromatic nitrogens is 3. The number of anilines is 1. The van der Waals surface area contributed by atoms with Crippen LogP contribution in [-0.2, 0) is 14.1 Å². The van der Waals surface area contributed by atoms with E-state index >= 15 is 0 Å². The number of nitrogens with zero attached hydrogens (tertiary/aromatic N) is 5. The van der Waals surface area contributed by atoms with Crippen LogP contribution in [0.25, 0.3) is 10.9 Å². The summed E-state index contributed by atoms with van der Waals surface area (Å²) in [6.45, 7) is 2.20. The van der Waals surface area contributed by atoms with E-state index < -0.39 is 11.2 Å². The highest BCUT2D eigenvalue weighted by atomic mass is 35.5. The van der Waals surface area contributed by atoms with Gasteiger partial charge in [-0.05, 0) is 24.3 Å². The summed E-state index contributed by atoms with van der Waals surface area (Å²) in [4.78, 5) is 45.3. The van der Waals surface area contributed by atoms with E-state index in [0.717, 1.165) is 21.2 Å². The van der Waals surface area contributed by atoms with Gasteiger partial charge in [-0.2, -0.15) is 0 Å². The second-order valence-electron chi connectivity index (χ2n) is 7.07. The maximum atomic E-state index is 12.9. The number of halogens is 1. The first-order valence-corrected chi connectivity index (χ1v) is 9.60. The third-order valence-corrected chi connectivity index (χ3v) is 5.50. The summed E-state index contributed by atoms with van der Waals surface area (Å²) in [6, 6.07) is 7.57. The molecule has 3 aromatic rings. The van der Waals surface area contributed by atoms with Gasteiger partial charge in [0, 0.05) is 68.8 Å². The zero-order chi connectivity index (χ0) is 20.7. The molecule has 0 bridgehead atoms. The molecule has 0 N–H and O–H groups in total. The number of fused-ring (bicyclic) bond motifs is 1. The molecule has 0 saturated carbocycles. The number of hydrogen-bond donors (Lipinski definition) is 0. The van der Waals surface area contributed by atoms with Crippen LogP contribution in [-0.4, -0.2) is 51.1 Å². The van der Waals surface area contributed by atoms with Crippen molar-refractivity contribution in [3.8, 4) is 0 Å². The molecule has 2 aromatic heterocycles. The Balaban J connectivity index is 1.56. The molecule has 4 rings (SSSR count). The fraction of sp³-hybridized carbons (Fsp3) is 0.300. The van der Waals surface area contributed by atoms with E-state index in [1.165, 1.54) is 24.9 Å². The molecule has 150 valence electrons. The first-order valence-electron chi connectivity index (χ1n) is 9.22. The first kappa shape index (κ1) is 19.2. The van der Waals surface area contributed by atoms with Crippen molar-refractivity contribution in [2.75, 3.05) is 31.1 Å². The predicted octanol–water partition coefficient (Wildman–Crippen LogP) is 1.25. The zero-order valence-electron chi connectivity index (χ0n) is 16.1. The number of amides is 1. The lowest BCUT2D eigenvalue weighted by molar-refractivity contribution is 0.0743. The van der Waals surface area contributed by atoms with Crippen LogP contribution in [0.5, 0.6) is 0 Å². The van der Waals surface area contributed by atoms with Gasteiger partial charge in [0.2, 0.25) is 0 Å². The molecule has 1 aliphatic rings. The average molecular weight is 414 g/mol. The number of carbonyl (C=O) groups excluding carboxylic acids is 1. The van der Waals surface area contributed by atoms with Gasteiger partial charge in [0.15, 0.2) is 0 Å². The Morgan fingerprint density at radius 2 is 1.79 bits per heavy atom. The Bertz CT molecular complexity index is 1220. The summed E-state index contributed by atoms with van der Waals surface area (Å²) in [5.41, 5.74) is 0.838. The molecule has 0 aliphatic carbocycles. The molecule has 1 fully saturated rings. The Hall–Kier alpha value is -3.13. The van der Waals surface area contributed by atoms with Gasteiger partial charge in [0.25, 0.3) is 11.5 Å². The molecule has 1 aliphatic heterocycles. The van der Waals surface area contributed by atoms with Gasteiger partial charge in [-0.3, -0.25) is 19.1 Å². The van der Waals surface area contributed by atoms with Crippen molar-refractivity contribution in [1.82, 2.24) is 19.0 Å². The summed E-state index contributed by atoms with van der Waals surface area (Å²) in [6.07, 6.45) is 3.07. The monoisotopic (exact) mass is 413 g/mol. The van der Waals surface area contributed by atoms with E-state index in [-0.39, 0.29) is 11.5 Å². The quantitative estimate of drug-likeness (QED) is 0.631. The number of rotatable bonds is 2. The molecule has 29 heavy (non-hydrogen) atoms. The van der Waals surface area contributed by atoms with Gasteiger partial charge in [-0.25, -0.2) is 4.79 Å². The highest BCUT2D eigenvalue weighted by molar-refractivity contribution is 6.31. The summed E-state index contributed by atoms with van der Waals surface area (Å²) >= 11 is 6.07. The summed E-state index contributed by atoms with van der Waals surface area (Å²) in [5, 5.41) is 1.64. The molecular formula is C20H20ClN5O3. The minimum absolute atomic E-state index is 0.00653. The zero-order valence-corrected chi connectivity index (χ0v) is 16.9. The van der Waals surface area contributed by atoms with Crippen LogP contribution in [0, 0.1) is 0 Å². The van der Waals surface area contributed by atoms with Crippen molar-refractivity contribution in [3.63, 3.8) is 0 Å². The molecule has 0 atom stereocenters. The van der Waals surface area contributed by atoms with Crippen molar-refractivity contribution in [2.45, 2.75) is 0 Å². The van der Waals surface area contributed by atoms with Gasteiger partial charge >= 0.3 is 5.69 Å². The van der Waals surface area contributed by atoms with Crippen molar-refractivity contribution >= 4 is 34.1 Å². The number of benzene rings is 1. The normalized spacial score (nSPS) is 14.4. The highest BCUT2D eigenvalue weighted by Gasteiger charge is 2.26. The Morgan fingerprint density at radius 3 is 2.52 bits per heavy atom. The van der Waals surface area contributed by atoms with Crippen LogP contribution in [0.15, 0.2) is 46.2 Å². The molecule has 0 unspecified atom stereocenters. The largest absolute Gasteiger partial charge is 0.367 e. The smallest absolute Gasteiger partial charge is 0.330 e. The van der Waals surface area contributed by atoms with Crippen LogP contribution in [0.1, 0.15) is 10.4 Å². The summed E-state index contributed by atoms with van der Waals surface area (Å²) < 4.78 is 2.21. The van der Waals surface area contributed by atoms with Gasteiger partial charge in [-0.1, -0.05) is 11.6 Å². The van der Waals surface area contributed by atoms with E-state index in [4.69, 9.17) is 11.6 Å². The van der Waals surface area contributed by atoms with Crippen molar-refractivity contribution in [2.24, 2.45) is 14.1 Å². The third-order valence-electron chi connectivity index (χ3n) is 5.27. The summed E-state index contributed by atoms with van der Waals surface area (Å²) in [5.74, 6) is -0.354. The van der Waals surface area contributed by atoms with E-state index in [0.29, 0.717) is 31.2 Å². The fourth-order valence-corrected chi connectivity index (χ4v) is 3.82. The second kappa shape index (κ2) is 7.36. The minimum Gasteiger partial charge on any atom is -0.367 e. The lowest BCUT2D eigenvalue weighted by Gasteiger charge is -2.36. The Labute approximate surface area is 171 Å². The standard InChI is InChI=1S/C20H20ClN5O3/c1-23-12-15(18(27)24(2)20(23)29)19(28)26-9-7-25(8-10-26)17-5-6-22-16-11-13(21)3-4-14(16)17/h3-6,11-12H,7-10H2,1-2H3. The Kier molecular flexibility index (Phi) is 4.87. The topological polar surface area (TPSA) is 80.4 Å². The van der Waals surface area contributed by atoms with Crippen molar-refractivity contribution in [3.05, 3.63) is 68.1 Å². The molecule has 9 heteroatoms. The van der Waals surface area contributed by atoms with Crippen LogP contribution < -0.4 is 16.1 Å². The van der Waals surface area contributed by atoms with E-state index in [9.17, 15) is 14.4 Å².